The van der Waals surface area contributed by atoms with Crippen molar-refractivity contribution in [2.24, 2.45) is 0 Å². The summed E-state index contributed by atoms with van der Waals surface area (Å²) in [7, 11) is 0. The number of hydrogen-bond acceptors (Lipinski definition) is 13. The molecule has 374 valence electrons. The summed E-state index contributed by atoms with van der Waals surface area (Å²) in [6, 6.07) is -0.818. The van der Waals surface area contributed by atoms with E-state index in [0.29, 0.717) is 12.8 Å². The number of aliphatic hydroxyl groups excluding tert-OH is 8. The molecule has 0 aromatic rings. The lowest BCUT2D eigenvalue weighted by atomic mass is 9.97. The van der Waals surface area contributed by atoms with Crippen molar-refractivity contribution in [3.8, 4) is 0 Å². The molecule has 2 saturated heterocycles. The molecule has 2 heterocycles. The first-order valence-electron chi connectivity index (χ1n) is 25.8. The number of carbonyl (C=O) groups is 1. The highest BCUT2D eigenvalue weighted by atomic mass is 16.7. The van der Waals surface area contributed by atoms with E-state index in [1.165, 1.54) is 141 Å². The fourth-order valence-corrected chi connectivity index (χ4v) is 8.83. The van der Waals surface area contributed by atoms with Gasteiger partial charge in [0.1, 0.15) is 48.8 Å². The van der Waals surface area contributed by atoms with Crippen LogP contribution in [0, 0.1) is 0 Å². The monoisotopic (exact) mass is 906 g/mol. The van der Waals surface area contributed by atoms with E-state index in [4.69, 9.17) is 18.9 Å². The molecule has 2 rings (SSSR count). The molecular weight excluding hydrogens is 811 g/mol. The second-order valence-electron chi connectivity index (χ2n) is 18.7. The first-order chi connectivity index (χ1) is 30.6. The minimum Gasteiger partial charge on any atom is -0.394 e. The average molecular weight is 906 g/mol. The van der Waals surface area contributed by atoms with Crippen molar-refractivity contribution in [2.75, 3.05) is 19.8 Å². The molecule has 0 aromatic heterocycles. The van der Waals surface area contributed by atoms with Crippen molar-refractivity contribution in [2.45, 2.75) is 286 Å². The van der Waals surface area contributed by atoms with Crippen molar-refractivity contribution < 1.29 is 64.6 Å². The fraction of sp³-hybridized carbons (Fsp3) is 0.980. The highest BCUT2D eigenvalue weighted by Gasteiger charge is 2.51. The molecule has 1 amide bonds. The SMILES string of the molecule is CCCCCCCCCCCCCCCCCCCCCCCCCCCCC(=O)NC(COC1OC(CO)C(OC2OC(CO)C(O)C(O)C2O)C(O)C1O)C(O)CCCCC. The smallest absolute Gasteiger partial charge is 0.220 e. The molecule has 14 heteroatoms. The second-order valence-corrected chi connectivity index (χ2v) is 18.7. The molecule has 12 unspecified atom stereocenters. The van der Waals surface area contributed by atoms with E-state index >= 15 is 0 Å². The second kappa shape index (κ2) is 37.0. The molecule has 0 radical (unpaired) electrons. The lowest BCUT2D eigenvalue weighted by molar-refractivity contribution is -0.359. The Morgan fingerprint density at radius 3 is 1.35 bits per heavy atom. The summed E-state index contributed by atoms with van der Waals surface area (Å²) >= 11 is 0. The van der Waals surface area contributed by atoms with Crippen molar-refractivity contribution in [3.05, 3.63) is 0 Å². The number of unbranched alkanes of at least 4 members (excludes halogenated alkanes) is 27. The van der Waals surface area contributed by atoms with Gasteiger partial charge in [-0.05, 0) is 12.8 Å². The van der Waals surface area contributed by atoms with Gasteiger partial charge in [0.15, 0.2) is 12.6 Å². The molecule has 0 aliphatic carbocycles. The maximum absolute atomic E-state index is 13.0. The van der Waals surface area contributed by atoms with Crippen LogP contribution in [0.5, 0.6) is 0 Å². The highest BCUT2D eigenvalue weighted by molar-refractivity contribution is 5.76. The number of nitrogens with one attached hydrogen (secondary N) is 1. The highest BCUT2D eigenvalue weighted by Crippen LogP contribution is 2.30. The van der Waals surface area contributed by atoms with Gasteiger partial charge in [-0.25, -0.2) is 0 Å². The van der Waals surface area contributed by atoms with Gasteiger partial charge in [-0.15, -0.1) is 0 Å². The minimum absolute atomic E-state index is 0.214. The molecule has 2 aliphatic heterocycles. The van der Waals surface area contributed by atoms with Crippen molar-refractivity contribution in [1.29, 1.82) is 0 Å². The summed E-state index contributed by atoms with van der Waals surface area (Å²) in [5, 5.41) is 86.0. The molecule has 0 aromatic carbocycles. The molecule has 63 heavy (non-hydrogen) atoms. The zero-order valence-electron chi connectivity index (χ0n) is 39.6. The molecule has 14 nitrogen and oxygen atoms in total. The van der Waals surface area contributed by atoms with Crippen LogP contribution in [0.25, 0.3) is 0 Å². The molecule has 2 aliphatic rings. The largest absolute Gasteiger partial charge is 0.394 e. The Morgan fingerprint density at radius 1 is 0.508 bits per heavy atom. The molecule has 9 N–H and O–H groups in total. The van der Waals surface area contributed by atoms with Gasteiger partial charge < -0.3 is 65.1 Å². The molecule has 2 fully saturated rings. The number of amides is 1. The van der Waals surface area contributed by atoms with Gasteiger partial charge in [0.05, 0.1) is 32.0 Å². The zero-order chi connectivity index (χ0) is 46.1. The van der Waals surface area contributed by atoms with Crippen LogP contribution in [-0.2, 0) is 23.7 Å². The number of rotatable bonds is 40. The summed E-state index contributed by atoms with van der Waals surface area (Å²) in [6.45, 7) is 2.69. The molecule has 0 spiro atoms. The standard InChI is InChI=1S/C49H95NO13/c1-3-5-7-8-9-10-11-12-13-14-15-16-17-18-19-20-21-22-23-24-25-26-27-28-29-31-33-41(54)50-37(38(53)32-30-6-4-2)36-60-48-46(59)44(57)47(40(35-52)62-48)63-49-45(58)43(56)42(55)39(34-51)61-49/h37-40,42-49,51-53,55-59H,3-36H2,1-2H3,(H,50,54). The van der Waals surface area contributed by atoms with E-state index in [1.807, 2.05) is 0 Å². The molecule has 0 bridgehead atoms. The third kappa shape index (κ3) is 24.5. The number of hydrogen-bond donors (Lipinski definition) is 9. The molecule has 0 saturated carbocycles. The Kier molecular flexibility index (Phi) is 34.2. The normalized spacial score (nSPS) is 27.4. The van der Waals surface area contributed by atoms with Crippen molar-refractivity contribution >= 4 is 5.91 Å². The Morgan fingerprint density at radius 2 is 0.905 bits per heavy atom. The number of ether oxygens (including phenoxy) is 4. The van der Waals surface area contributed by atoms with E-state index in [9.17, 15) is 45.6 Å². The lowest BCUT2D eigenvalue weighted by Gasteiger charge is -2.46. The van der Waals surface area contributed by atoms with Crippen LogP contribution in [0.1, 0.15) is 213 Å². The van der Waals surface area contributed by atoms with Gasteiger partial charge in [0.25, 0.3) is 0 Å². The summed E-state index contributed by atoms with van der Waals surface area (Å²) in [6.07, 6.45) is 21.0. The van der Waals surface area contributed by atoms with Crippen molar-refractivity contribution in [3.63, 3.8) is 0 Å². The fourth-order valence-electron chi connectivity index (χ4n) is 8.83. The van der Waals surface area contributed by atoms with Crippen LogP contribution in [0.4, 0.5) is 0 Å². The van der Waals surface area contributed by atoms with Gasteiger partial charge in [-0.3, -0.25) is 4.79 Å². The van der Waals surface area contributed by atoms with Crippen LogP contribution >= 0.6 is 0 Å². The number of aliphatic hydroxyl groups is 8. The maximum atomic E-state index is 13.0. The quantitative estimate of drug-likeness (QED) is 0.0296. The third-order valence-corrected chi connectivity index (χ3v) is 13.1. The van der Waals surface area contributed by atoms with Crippen LogP contribution in [0.3, 0.4) is 0 Å². The van der Waals surface area contributed by atoms with E-state index in [0.717, 1.165) is 44.9 Å². The first-order valence-corrected chi connectivity index (χ1v) is 25.8. The average Bonchev–Trinajstić information content (AvgIpc) is 3.28. The summed E-state index contributed by atoms with van der Waals surface area (Å²) < 4.78 is 22.5. The van der Waals surface area contributed by atoms with Gasteiger partial charge in [-0.2, -0.15) is 0 Å². The van der Waals surface area contributed by atoms with Gasteiger partial charge in [0.2, 0.25) is 5.91 Å². The molecule has 12 atom stereocenters. The van der Waals surface area contributed by atoms with E-state index < -0.39 is 86.8 Å². The lowest BCUT2D eigenvalue weighted by Crippen LogP contribution is -2.65. The Hall–Kier alpha value is -1.01. The van der Waals surface area contributed by atoms with Gasteiger partial charge in [0, 0.05) is 6.42 Å². The third-order valence-electron chi connectivity index (χ3n) is 13.1. The Bertz CT molecular complexity index is 1070. The van der Waals surface area contributed by atoms with Crippen LogP contribution in [0.15, 0.2) is 0 Å². The Balaban J connectivity index is 1.57. The summed E-state index contributed by atoms with van der Waals surface area (Å²) in [5.41, 5.74) is 0. The Labute approximate surface area is 381 Å². The zero-order valence-corrected chi connectivity index (χ0v) is 39.6. The van der Waals surface area contributed by atoms with E-state index in [1.54, 1.807) is 0 Å². The summed E-state index contributed by atoms with van der Waals surface area (Å²) in [5.74, 6) is -0.214. The topological polar surface area (TPSA) is 228 Å². The van der Waals surface area contributed by atoms with Gasteiger partial charge >= 0.3 is 0 Å². The summed E-state index contributed by atoms with van der Waals surface area (Å²) in [4.78, 5) is 13.0. The van der Waals surface area contributed by atoms with E-state index in [2.05, 4.69) is 19.2 Å². The van der Waals surface area contributed by atoms with Gasteiger partial charge in [-0.1, -0.05) is 194 Å². The maximum Gasteiger partial charge on any atom is 0.220 e. The minimum atomic E-state index is -1.78. The van der Waals surface area contributed by atoms with Crippen molar-refractivity contribution in [1.82, 2.24) is 5.32 Å². The molecular formula is C49H95NO13. The number of carbonyl (C=O) groups excluding carboxylic acids is 1. The predicted octanol–water partition coefficient (Wildman–Crippen LogP) is 6.61. The first kappa shape index (κ1) is 58.1. The van der Waals surface area contributed by atoms with Crippen LogP contribution in [-0.4, -0.2) is 140 Å². The van der Waals surface area contributed by atoms with Crippen LogP contribution in [0.2, 0.25) is 0 Å². The predicted molar refractivity (Wildman–Crippen MR) is 245 cm³/mol. The van der Waals surface area contributed by atoms with E-state index in [-0.39, 0.29) is 12.5 Å². The van der Waals surface area contributed by atoms with Crippen LogP contribution < -0.4 is 5.32 Å².